The fraction of sp³-hybridized carbons (Fsp3) is 0.417. The van der Waals surface area contributed by atoms with E-state index in [1.54, 1.807) is 13.2 Å². The first kappa shape index (κ1) is 12.3. The summed E-state index contributed by atoms with van der Waals surface area (Å²) in [5, 5.41) is 3.31. The van der Waals surface area contributed by atoms with Crippen LogP contribution in [0.25, 0.3) is 0 Å². The molecule has 2 rings (SSSR count). The van der Waals surface area contributed by atoms with Crippen molar-refractivity contribution >= 4 is 22.9 Å². The summed E-state index contributed by atoms with van der Waals surface area (Å²) in [4.78, 5) is 0.203. The van der Waals surface area contributed by atoms with Crippen LogP contribution in [0.1, 0.15) is 18.4 Å². The fourth-order valence-corrected chi connectivity index (χ4v) is 2.11. The van der Waals surface area contributed by atoms with Crippen LogP contribution < -0.4 is 11.1 Å². The van der Waals surface area contributed by atoms with Gasteiger partial charge in [0.25, 0.3) is 0 Å². The molecule has 3 nitrogen and oxygen atoms in total. The number of hydrogen-bond acceptors (Lipinski definition) is 3. The molecule has 0 spiro atoms. The quantitative estimate of drug-likeness (QED) is 0.807. The maximum Gasteiger partial charge on any atom is 0.124 e. The van der Waals surface area contributed by atoms with E-state index in [4.69, 9.17) is 22.7 Å². The molecule has 1 fully saturated rings. The molecule has 0 bridgehead atoms. The van der Waals surface area contributed by atoms with E-state index in [9.17, 15) is 4.39 Å². The maximum absolute atomic E-state index is 13.1. The predicted molar refractivity (Wildman–Crippen MR) is 69.7 cm³/mol. The monoisotopic (exact) mass is 254 g/mol. The molecule has 17 heavy (non-hydrogen) atoms. The van der Waals surface area contributed by atoms with Gasteiger partial charge in [-0.1, -0.05) is 12.2 Å². The van der Waals surface area contributed by atoms with Crippen LogP contribution >= 0.6 is 12.2 Å². The van der Waals surface area contributed by atoms with Gasteiger partial charge in [-0.25, -0.2) is 4.39 Å². The van der Waals surface area contributed by atoms with E-state index in [0.717, 1.165) is 18.5 Å². The van der Waals surface area contributed by atoms with Crippen molar-refractivity contribution < 1.29 is 9.13 Å². The van der Waals surface area contributed by atoms with Crippen molar-refractivity contribution in [1.29, 1.82) is 0 Å². The Hall–Kier alpha value is -1.20. The lowest BCUT2D eigenvalue weighted by Crippen LogP contribution is -2.40. The highest BCUT2D eigenvalue weighted by Gasteiger charge is 2.29. The number of hydrogen-bond donors (Lipinski definition) is 2. The SMILES string of the molecule is COC1CC(Nc2ccc(F)cc2C(N)=S)C1. The third-order valence-electron chi connectivity index (χ3n) is 3.03. The molecular formula is C12H15FN2OS. The van der Waals surface area contributed by atoms with Gasteiger partial charge in [-0.3, -0.25) is 0 Å². The van der Waals surface area contributed by atoms with Crippen molar-refractivity contribution in [3.8, 4) is 0 Å². The van der Waals surface area contributed by atoms with Gasteiger partial charge < -0.3 is 15.8 Å². The summed E-state index contributed by atoms with van der Waals surface area (Å²) in [6, 6.07) is 4.77. The zero-order valence-electron chi connectivity index (χ0n) is 9.57. The molecule has 1 aromatic carbocycles. The van der Waals surface area contributed by atoms with Crippen LogP contribution in [0.3, 0.4) is 0 Å². The Balaban J connectivity index is 2.08. The standard InChI is InChI=1S/C12H15FN2OS/c1-16-9-5-8(6-9)15-11-3-2-7(13)4-10(11)12(14)17/h2-4,8-9,15H,5-6H2,1H3,(H2,14,17). The number of methoxy groups -OCH3 is 1. The van der Waals surface area contributed by atoms with Gasteiger partial charge in [-0.05, 0) is 31.0 Å². The van der Waals surface area contributed by atoms with E-state index >= 15 is 0 Å². The van der Waals surface area contributed by atoms with E-state index in [0.29, 0.717) is 17.7 Å². The van der Waals surface area contributed by atoms with Crippen LogP contribution in [-0.4, -0.2) is 24.2 Å². The molecule has 3 N–H and O–H groups in total. The minimum atomic E-state index is -0.332. The van der Waals surface area contributed by atoms with Crippen LogP contribution in [0.15, 0.2) is 18.2 Å². The van der Waals surface area contributed by atoms with Crippen molar-refractivity contribution in [2.75, 3.05) is 12.4 Å². The van der Waals surface area contributed by atoms with Gasteiger partial charge >= 0.3 is 0 Å². The van der Waals surface area contributed by atoms with Crippen LogP contribution in [-0.2, 0) is 4.74 Å². The Labute approximate surface area is 105 Å². The van der Waals surface area contributed by atoms with E-state index in [1.165, 1.54) is 12.1 Å². The number of thiocarbonyl (C=S) groups is 1. The second-order valence-corrected chi connectivity index (χ2v) is 4.66. The summed E-state index contributed by atoms with van der Waals surface area (Å²) in [5.74, 6) is -0.332. The average molecular weight is 254 g/mol. The fourth-order valence-electron chi connectivity index (χ4n) is 1.94. The Morgan fingerprint density at radius 1 is 1.53 bits per heavy atom. The molecule has 1 aliphatic rings. The second kappa shape index (κ2) is 4.98. The van der Waals surface area contributed by atoms with Gasteiger partial charge in [-0.15, -0.1) is 0 Å². The van der Waals surface area contributed by atoms with Crippen molar-refractivity contribution in [2.24, 2.45) is 5.73 Å². The molecular weight excluding hydrogens is 239 g/mol. The average Bonchev–Trinajstić information content (AvgIpc) is 2.24. The van der Waals surface area contributed by atoms with Crippen LogP contribution in [0.5, 0.6) is 0 Å². The number of benzene rings is 1. The lowest BCUT2D eigenvalue weighted by Gasteiger charge is -2.35. The van der Waals surface area contributed by atoms with E-state index in [1.807, 2.05) is 0 Å². The number of anilines is 1. The van der Waals surface area contributed by atoms with E-state index in [-0.39, 0.29) is 10.8 Å². The molecule has 0 radical (unpaired) electrons. The van der Waals surface area contributed by atoms with Gasteiger partial charge in [0.2, 0.25) is 0 Å². The van der Waals surface area contributed by atoms with Crippen molar-refractivity contribution in [3.63, 3.8) is 0 Å². The Morgan fingerprint density at radius 2 is 2.24 bits per heavy atom. The highest BCUT2D eigenvalue weighted by Crippen LogP contribution is 2.28. The normalized spacial score (nSPS) is 22.9. The summed E-state index contributed by atoms with van der Waals surface area (Å²) in [7, 11) is 1.71. The molecule has 0 heterocycles. The molecule has 92 valence electrons. The van der Waals surface area contributed by atoms with Crippen molar-refractivity contribution in [3.05, 3.63) is 29.6 Å². The first-order valence-electron chi connectivity index (χ1n) is 5.49. The highest BCUT2D eigenvalue weighted by atomic mass is 32.1. The highest BCUT2D eigenvalue weighted by molar-refractivity contribution is 7.80. The minimum absolute atomic E-state index is 0.203. The lowest BCUT2D eigenvalue weighted by molar-refractivity contribution is 0.0328. The smallest absolute Gasteiger partial charge is 0.124 e. The molecule has 0 atom stereocenters. The first-order chi connectivity index (χ1) is 8.10. The summed E-state index contributed by atoms with van der Waals surface area (Å²) >= 11 is 4.91. The maximum atomic E-state index is 13.1. The molecule has 5 heteroatoms. The van der Waals surface area contributed by atoms with Crippen LogP contribution in [0.4, 0.5) is 10.1 Å². The number of rotatable bonds is 4. The second-order valence-electron chi connectivity index (χ2n) is 4.22. The third kappa shape index (κ3) is 2.73. The summed E-state index contributed by atoms with van der Waals surface area (Å²) in [5.41, 5.74) is 6.92. The third-order valence-corrected chi connectivity index (χ3v) is 3.25. The zero-order chi connectivity index (χ0) is 12.4. The molecule has 0 saturated heterocycles. The molecule has 1 aliphatic carbocycles. The molecule has 0 aliphatic heterocycles. The largest absolute Gasteiger partial charge is 0.389 e. The Kier molecular flexibility index (Phi) is 3.59. The van der Waals surface area contributed by atoms with E-state index < -0.39 is 0 Å². The van der Waals surface area contributed by atoms with Gasteiger partial charge in [-0.2, -0.15) is 0 Å². The van der Waals surface area contributed by atoms with Gasteiger partial charge in [0.05, 0.1) is 6.10 Å². The molecule has 1 aromatic rings. The van der Waals surface area contributed by atoms with Crippen LogP contribution in [0.2, 0.25) is 0 Å². The molecule has 0 amide bonds. The first-order valence-corrected chi connectivity index (χ1v) is 5.89. The topological polar surface area (TPSA) is 47.3 Å². The lowest BCUT2D eigenvalue weighted by atomic mass is 9.89. The number of ether oxygens (including phenoxy) is 1. The summed E-state index contributed by atoms with van der Waals surface area (Å²) in [6.07, 6.45) is 2.22. The van der Waals surface area contributed by atoms with Gasteiger partial charge in [0.15, 0.2) is 0 Å². The van der Waals surface area contributed by atoms with E-state index in [2.05, 4.69) is 5.32 Å². The van der Waals surface area contributed by atoms with Gasteiger partial charge in [0.1, 0.15) is 10.8 Å². The Morgan fingerprint density at radius 3 is 2.82 bits per heavy atom. The number of nitrogens with one attached hydrogen (secondary N) is 1. The zero-order valence-corrected chi connectivity index (χ0v) is 10.4. The number of nitrogens with two attached hydrogens (primary N) is 1. The predicted octanol–water partition coefficient (Wildman–Crippen LogP) is 2.05. The van der Waals surface area contributed by atoms with Gasteiger partial charge in [0, 0.05) is 24.4 Å². The van der Waals surface area contributed by atoms with Crippen LogP contribution in [0, 0.1) is 5.82 Å². The van der Waals surface area contributed by atoms with Crippen molar-refractivity contribution in [2.45, 2.75) is 25.0 Å². The minimum Gasteiger partial charge on any atom is -0.389 e. The Bertz CT molecular complexity index is 433. The molecule has 0 unspecified atom stereocenters. The summed E-state index contributed by atoms with van der Waals surface area (Å²) < 4.78 is 18.3. The molecule has 0 aromatic heterocycles. The summed E-state index contributed by atoms with van der Waals surface area (Å²) in [6.45, 7) is 0. The molecule has 1 saturated carbocycles. The number of halogens is 1. The van der Waals surface area contributed by atoms with Crippen molar-refractivity contribution in [1.82, 2.24) is 0 Å².